The molecule has 0 aromatic rings. The van der Waals surface area contributed by atoms with Crippen molar-refractivity contribution in [2.45, 2.75) is 38.6 Å². The number of allylic oxidation sites excluding steroid dienone is 1. The van der Waals surface area contributed by atoms with Gasteiger partial charge in [-0.3, -0.25) is 4.31 Å². The molecule has 1 rings (SSSR count). The van der Waals surface area contributed by atoms with Crippen LogP contribution >= 0.6 is 12.8 Å². The SMILES string of the molecule is CCC(NC(=O)N(S)CCO)C1C=CCCC1. The molecule has 0 bridgehead atoms. The van der Waals surface area contributed by atoms with E-state index in [1.54, 1.807) is 0 Å². The van der Waals surface area contributed by atoms with Crippen molar-refractivity contribution in [3.05, 3.63) is 12.2 Å². The standard InChI is InChI=1S/C12H22N2O2S/c1-2-11(10-6-4-3-5-7-10)13-12(16)14(17)8-9-15/h4,6,10-11,15,17H,2-3,5,7-9H2,1H3,(H,13,16). The van der Waals surface area contributed by atoms with Crippen LogP contribution in [0.5, 0.6) is 0 Å². The van der Waals surface area contributed by atoms with E-state index in [-0.39, 0.29) is 25.2 Å². The molecule has 0 aromatic heterocycles. The van der Waals surface area contributed by atoms with Gasteiger partial charge in [0.25, 0.3) is 0 Å². The number of hydrogen-bond donors (Lipinski definition) is 3. The lowest BCUT2D eigenvalue weighted by atomic mass is 9.88. The van der Waals surface area contributed by atoms with E-state index < -0.39 is 0 Å². The number of aliphatic hydroxyl groups excluding tert-OH is 1. The van der Waals surface area contributed by atoms with Crippen molar-refractivity contribution >= 4 is 18.8 Å². The van der Waals surface area contributed by atoms with Crippen molar-refractivity contribution in [3.8, 4) is 0 Å². The fourth-order valence-corrected chi connectivity index (χ4v) is 2.26. The Balaban J connectivity index is 2.48. The number of aliphatic hydroxyl groups is 1. The summed E-state index contributed by atoms with van der Waals surface area (Å²) in [5.41, 5.74) is 0. The van der Waals surface area contributed by atoms with E-state index in [0.29, 0.717) is 5.92 Å². The number of amides is 2. The Morgan fingerprint density at radius 2 is 2.47 bits per heavy atom. The molecular formula is C12H22N2O2S. The number of hydrogen-bond acceptors (Lipinski definition) is 3. The quantitative estimate of drug-likeness (QED) is 0.521. The van der Waals surface area contributed by atoms with Crippen LogP contribution < -0.4 is 5.32 Å². The van der Waals surface area contributed by atoms with Gasteiger partial charge in [-0.1, -0.05) is 31.9 Å². The summed E-state index contributed by atoms with van der Waals surface area (Å²) in [6.45, 7) is 2.24. The highest BCUT2D eigenvalue weighted by atomic mass is 32.1. The summed E-state index contributed by atoms with van der Waals surface area (Å²) in [5.74, 6) is 0.425. The second-order valence-electron chi connectivity index (χ2n) is 4.33. The van der Waals surface area contributed by atoms with Gasteiger partial charge < -0.3 is 10.4 Å². The normalized spacial score (nSPS) is 21.0. The molecule has 0 saturated heterocycles. The maximum atomic E-state index is 11.7. The Bertz CT molecular complexity index is 271. The zero-order chi connectivity index (χ0) is 12.7. The molecule has 0 spiro atoms. The van der Waals surface area contributed by atoms with Crippen LogP contribution in [0.15, 0.2) is 12.2 Å². The van der Waals surface area contributed by atoms with Crippen LogP contribution in [0, 0.1) is 5.92 Å². The van der Waals surface area contributed by atoms with Gasteiger partial charge in [0, 0.05) is 6.04 Å². The van der Waals surface area contributed by atoms with Crippen molar-refractivity contribution in [1.29, 1.82) is 0 Å². The van der Waals surface area contributed by atoms with Crippen LogP contribution in [-0.4, -0.2) is 34.6 Å². The first-order chi connectivity index (χ1) is 8.19. The van der Waals surface area contributed by atoms with Crippen LogP contribution in [0.25, 0.3) is 0 Å². The molecule has 0 saturated carbocycles. The minimum Gasteiger partial charge on any atom is -0.394 e. The van der Waals surface area contributed by atoms with Gasteiger partial charge in [-0.15, -0.1) is 0 Å². The second kappa shape index (κ2) is 7.61. The number of nitrogens with zero attached hydrogens (tertiary/aromatic N) is 1. The van der Waals surface area contributed by atoms with Crippen LogP contribution in [0.3, 0.4) is 0 Å². The fraction of sp³-hybridized carbons (Fsp3) is 0.750. The number of carbonyl (C=O) groups excluding carboxylic acids is 1. The van der Waals surface area contributed by atoms with E-state index in [9.17, 15) is 4.79 Å². The lowest BCUT2D eigenvalue weighted by Crippen LogP contribution is -2.45. The number of nitrogens with one attached hydrogen (secondary N) is 1. The van der Waals surface area contributed by atoms with Gasteiger partial charge >= 0.3 is 6.03 Å². The zero-order valence-electron chi connectivity index (χ0n) is 10.3. The van der Waals surface area contributed by atoms with Gasteiger partial charge in [-0.05, 0) is 31.6 Å². The summed E-state index contributed by atoms with van der Waals surface area (Å²) in [4.78, 5) is 11.7. The minimum absolute atomic E-state index is 0.0724. The predicted molar refractivity (Wildman–Crippen MR) is 71.9 cm³/mol. The highest BCUT2D eigenvalue weighted by molar-refractivity contribution is 7.78. The van der Waals surface area contributed by atoms with Crippen molar-refractivity contribution in [3.63, 3.8) is 0 Å². The Morgan fingerprint density at radius 1 is 1.71 bits per heavy atom. The highest BCUT2D eigenvalue weighted by Crippen LogP contribution is 2.22. The monoisotopic (exact) mass is 258 g/mol. The average molecular weight is 258 g/mol. The molecule has 0 radical (unpaired) electrons. The van der Waals surface area contributed by atoms with Gasteiger partial charge in [0.05, 0.1) is 13.2 Å². The van der Waals surface area contributed by atoms with Crippen LogP contribution in [0.4, 0.5) is 4.79 Å². The molecule has 0 aromatic carbocycles. The van der Waals surface area contributed by atoms with Crippen LogP contribution in [0.1, 0.15) is 32.6 Å². The third-order valence-corrected chi connectivity index (χ3v) is 3.48. The highest BCUT2D eigenvalue weighted by Gasteiger charge is 2.22. The molecule has 1 aliphatic carbocycles. The molecule has 0 fully saturated rings. The molecule has 4 nitrogen and oxygen atoms in total. The molecule has 2 N–H and O–H groups in total. The Morgan fingerprint density at radius 3 is 3.00 bits per heavy atom. The van der Waals surface area contributed by atoms with Crippen LogP contribution in [-0.2, 0) is 0 Å². The summed E-state index contributed by atoms with van der Waals surface area (Å²) >= 11 is 4.03. The van der Waals surface area contributed by atoms with Gasteiger partial charge in [0.1, 0.15) is 0 Å². The molecule has 2 unspecified atom stereocenters. The molecule has 2 atom stereocenters. The van der Waals surface area contributed by atoms with Crippen molar-refractivity contribution in [1.82, 2.24) is 9.62 Å². The Kier molecular flexibility index (Phi) is 6.44. The summed E-state index contributed by atoms with van der Waals surface area (Å²) < 4.78 is 1.22. The summed E-state index contributed by atoms with van der Waals surface area (Å²) in [6.07, 6.45) is 8.75. The molecule has 2 amide bonds. The maximum Gasteiger partial charge on any atom is 0.327 e. The number of urea groups is 1. The predicted octanol–water partition coefficient (Wildman–Crippen LogP) is 1.97. The fourth-order valence-electron chi connectivity index (χ4n) is 2.12. The minimum atomic E-state index is -0.229. The smallest absolute Gasteiger partial charge is 0.327 e. The molecule has 17 heavy (non-hydrogen) atoms. The van der Waals surface area contributed by atoms with E-state index in [0.717, 1.165) is 19.3 Å². The third kappa shape index (κ3) is 4.60. The van der Waals surface area contributed by atoms with Gasteiger partial charge in [0.15, 0.2) is 0 Å². The molecular weight excluding hydrogens is 236 g/mol. The summed E-state index contributed by atoms with van der Waals surface area (Å²) in [5, 5.41) is 11.7. The first kappa shape index (κ1) is 14.4. The number of rotatable bonds is 5. The Labute approximate surface area is 109 Å². The lowest BCUT2D eigenvalue weighted by Gasteiger charge is -2.28. The van der Waals surface area contributed by atoms with Gasteiger partial charge in [-0.2, -0.15) is 0 Å². The van der Waals surface area contributed by atoms with E-state index in [1.807, 2.05) is 0 Å². The van der Waals surface area contributed by atoms with E-state index in [2.05, 4.69) is 37.2 Å². The van der Waals surface area contributed by atoms with Crippen LogP contribution in [0.2, 0.25) is 0 Å². The maximum absolute atomic E-state index is 11.7. The van der Waals surface area contributed by atoms with Crippen molar-refractivity contribution in [2.75, 3.05) is 13.2 Å². The van der Waals surface area contributed by atoms with Crippen molar-refractivity contribution < 1.29 is 9.90 Å². The van der Waals surface area contributed by atoms with Gasteiger partial charge in [-0.25, -0.2) is 4.79 Å². The van der Waals surface area contributed by atoms with Crippen molar-refractivity contribution in [2.24, 2.45) is 5.92 Å². The Hall–Kier alpha value is -0.680. The number of carbonyl (C=O) groups is 1. The number of thiol groups is 1. The van der Waals surface area contributed by atoms with Gasteiger partial charge in [0.2, 0.25) is 0 Å². The molecule has 0 aliphatic heterocycles. The van der Waals surface area contributed by atoms with E-state index in [1.165, 1.54) is 10.7 Å². The molecule has 5 heteroatoms. The summed E-state index contributed by atoms with van der Waals surface area (Å²) in [6, 6.07) is -0.0689. The molecule has 1 aliphatic rings. The largest absolute Gasteiger partial charge is 0.394 e. The second-order valence-corrected chi connectivity index (χ2v) is 4.82. The molecule has 0 heterocycles. The van der Waals surface area contributed by atoms with E-state index >= 15 is 0 Å². The first-order valence-electron chi connectivity index (χ1n) is 6.23. The topological polar surface area (TPSA) is 52.6 Å². The zero-order valence-corrected chi connectivity index (χ0v) is 11.2. The first-order valence-corrected chi connectivity index (χ1v) is 6.63. The molecule has 98 valence electrons. The van der Waals surface area contributed by atoms with E-state index in [4.69, 9.17) is 5.11 Å². The average Bonchev–Trinajstić information content (AvgIpc) is 2.37. The summed E-state index contributed by atoms with van der Waals surface area (Å²) in [7, 11) is 0. The lowest BCUT2D eigenvalue weighted by molar-refractivity contribution is 0.205. The third-order valence-electron chi connectivity index (χ3n) is 3.10.